The maximum absolute atomic E-state index is 12.5. The molecule has 3 heterocycles. The fourth-order valence-electron chi connectivity index (χ4n) is 2.85. The fraction of sp³-hybridized carbons (Fsp3) is 0.167. The number of carbonyl (C=O) groups excluding carboxylic acids is 1. The van der Waals surface area contributed by atoms with Gasteiger partial charge in [0.2, 0.25) is 5.76 Å². The zero-order valence-corrected chi connectivity index (χ0v) is 15.7. The third-order valence-corrected chi connectivity index (χ3v) is 4.24. The molecule has 11 heteroatoms. The van der Waals surface area contributed by atoms with E-state index in [1.807, 2.05) is 13.0 Å². The number of nitro groups is 1. The summed E-state index contributed by atoms with van der Waals surface area (Å²) < 4.78 is 6.59. The highest BCUT2D eigenvalue weighted by molar-refractivity contribution is 6.03. The van der Waals surface area contributed by atoms with E-state index in [0.29, 0.717) is 28.7 Å². The van der Waals surface area contributed by atoms with Crippen LogP contribution in [0.1, 0.15) is 27.7 Å². The Morgan fingerprint density at radius 3 is 2.72 bits per heavy atom. The normalized spacial score (nSPS) is 11.0. The second-order valence-electron chi connectivity index (χ2n) is 6.38. The summed E-state index contributed by atoms with van der Waals surface area (Å²) in [6.07, 6.45) is 2.37. The molecule has 1 aromatic carbocycles. The number of nitrogens with zero attached hydrogens (tertiary/aromatic N) is 6. The molecule has 146 valence electrons. The van der Waals surface area contributed by atoms with Gasteiger partial charge in [-0.25, -0.2) is 9.97 Å². The molecule has 0 unspecified atom stereocenters. The second-order valence-corrected chi connectivity index (χ2v) is 6.38. The van der Waals surface area contributed by atoms with Gasteiger partial charge in [-0.1, -0.05) is 6.07 Å². The molecule has 0 bridgehead atoms. The van der Waals surface area contributed by atoms with Crippen molar-refractivity contribution in [3.8, 4) is 11.4 Å². The number of amides is 1. The molecule has 0 atom stereocenters. The number of anilines is 1. The van der Waals surface area contributed by atoms with Crippen molar-refractivity contribution >= 4 is 23.1 Å². The number of hydrogen-bond donors (Lipinski definition) is 1. The summed E-state index contributed by atoms with van der Waals surface area (Å²) in [5.41, 5.74) is 2.34. The Hall–Kier alpha value is -4.15. The zero-order chi connectivity index (χ0) is 20.7. The maximum atomic E-state index is 12.5. The van der Waals surface area contributed by atoms with Crippen molar-refractivity contribution in [2.45, 2.75) is 20.8 Å². The van der Waals surface area contributed by atoms with Gasteiger partial charge in [0, 0.05) is 18.2 Å². The van der Waals surface area contributed by atoms with Gasteiger partial charge in [-0.2, -0.15) is 9.50 Å². The van der Waals surface area contributed by atoms with E-state index in [0.717, 1.165) is 11.8 Å². The molecule has 0 aliphatic rings. The van der Waals surface area contributed by atoms with E-state index in [-0.39, 0.29) is 17.2 Å². The molecule has 0 saturated heterocycles. The lowest BCUT2D eigenvalue weighted by Crippen LogP contribution is -2.12. The number of benzene rings is 1. The van der Waals surface area contributed by atoms with Crippen LogP contribution in [0.2, 0.25) is 0 Å². The lowest BCUT2D eigenvalue weighted by atomic mass is 10.1. The smallest absolute Gasteiger partial charge is 0.305 e. The molecule has 1 N–H and O–H groups in total. The lowest BCUT2D eigenvalue weighted by molar-refractivity contribution is -0.385. The van der Waals surface area contributed by atoms with Crippen molar-refractivity contribution in [3.63, 3.8) is 0 Å². The van der Waals surface area contributed by atoms with E-state index in [1.165, 1.54) is 10.7 Å². The first-order valence-corrected chi connectivity index (χ1v) is 8.55. The zero-order valence-electron chi connectivity index (χ0n) is 15.7. The minimum atomic E-state index is -0.553. The summed E-state index contributed by atoms with van der Waals surface area (Å²) in [6.45, 7) is 5.23. The van der Waals surface area contributed by atoms with Gasteiger partial charge >= 0.3 is 5.69 Å². The molecule has 0 aliphatic carbocycles. The van der Waals surface area contributed by atoms with Crippen LogP contribution in [0.4, 0.5) is 11.4 Å². The highest BCUT2D eigenvalue weighted by atomic mass is 16.6. The first-order valence-electron chi connectivity index (χ1n) is 8.55. The van der Waals surface area contributed by atoms with Crippen LogP contribution in [0, 0.1) is 30.9 Å². The van der Waals surface area contributed by atoms with Crippen molar-refractivity contribution in [2.24, 2.45) is 0 Å². The van der Waals surface area contributed by atoms with Gasteiger partial charge in [0.15, 0.2) is 11.7 Å². The number of carbonyl (C=O) groups is 1. The molecule has 0 aliphatic heterocycles. The molecule has 0 spiro atoms. The Bertz CT molecular complexity index is 1270. The largest absolute Gasteiger partial charge is 0.436 e. The number of oxazole rings is 1. The molecule has 29 heavy (non-hydrogen) atoms. The van der Waals surface area contributed by atoms with Gasteiger partial charge in [0.05, 0.1) is 10.6 Å². The molecule has 3 aromatic heterocycles. The SMILES string of the molecule is Cc1nc(C)c(C(=O)Nc2ccc(C)c(-c3nc4ncc([N+](=O)[O-])cn4n3)c2)o1. The Labute approximate surface area is 163 Å². The average molecular weight is 393 g/mol. The van der Waals surface area contributed by atoms with Crippen LogP contribution in [-0.2, 0) is 0 Å². The molecule has 0 saturated carbocycles. The predicted octanol–water partition coefficient (Wildman–Crippen LogP) is 2.87. The van der Waals surface area contributed by atoms with E-state index in [2.05, 4.69) is 25.4 Å². The molecule has 0 fully saturated rings. The third-order valence-electron chi connectivity index (χ3n) is 4.24. The standard InChI is InChI=1S/C18H15N7O4/c1-9-4-5-12(21-17(26)15-10(2)20-11(3)29-15)6-14(9)16-22-18-19-7-13(25(27)28)8-24(18)23-16/h4-8H,1-3H3,(H,21,26). The van der Waals surface area contributed by atoms with E-state index in [9.17, 15) is 14.9 Å². The third kappa shape index (κ3) is 3.40. The average Bonchev–Trinajstić information content (AvgIpc) is 3.24. The first kappa shape index (κ1) is 18.2. The second kappa shape index (κ2) is 6.78. The number of aromatic nitrogens is 5. The van der Waals surface area contributed by atoms with Gasteiger partial charge in [-0.15, -0.1) is 5.10 Å². The van der Waals surface area contributed by atoms with Crippen LogP contribution in [0.15, 0.2) is 35.0 Å². The Kier molecular flexibility index (Phi) is 4.26. The predicted molar refractivity (Wildman–Crippen MR) is 102 cm³/mol. The van der Waals surface area contributed by atoms with Crippen molar-refractivity contribution in [1.29, 1.82) is 0 Å². The number of hydrogen-bond acceptors (Lipinski definition) is 8. The van der Waals surface area contributed by atoms with Crippen molar-refractivity contribution < 1.29 is 14.1 Å². The van der Waals surface area contributed by atoms with Crippen LogP contribution in [0.25, 0.3) is 17.2 Å². The minimum absolute atomic E-state index is 0.145. The molecular weight excluding hydrogens is 378 g/mol. The Morgan fingerprint density at radius 2 is 2.03 bits per heavy atom. The summed E-state index contributed by atoms with van der Waals surface area (Å²) in [4.78, 5) is 35.2. The van der Waals surface area contributed by atoms with Crippen molar-refractivity contribution in [2.75, 3.05) is 5.32 Å². The fourth-order valence-corrected chi connectivity index (χ4v) is 2.85. The number of fused-ring (bicyclic) bond motifs is 1. The van der Waals surface area contributed by atoms with Crippen molar-refractivity contribution in [1.82, 2.24) is 24.6 Å². The van der Waals surface area contributed by atoms with Crippen LogP contribution in [0.5, 0.6) is 0 Å². The van der Waals surface area contributed by atoms with Gasteiger partial charge in [0.1, 0.15) is 12.4 Å². The van der Waals surface area contributed by atoms with E-state index in [4.69, 9.17) is 4.42 Å². The van der Waals surface area contributed by atoms with E-state index >= 15 is 0 Å². The quantitative estimate of drug-likeness (QED) is 0.412. The maximum Gasteiger partial charge on any atom is 0.305 e. The van der Waals surface area contributed by atoms with Crippen LogP contribution in [0.3, 0.4) is 0 Å². The number of aryl methyl sites for hydroxylation is 3. The van der Waals surface area contributed by atoms with Gasteiger partial charge < -0.3 is 9.73 Å². The topological polar surface area (TPSA) is 141 Å². The highest BCUT2D eigenvalue weighted by Crippen LogP contribution is 2.25. The summed E-state index contributed by atoms with van der Waals surface area (Å²) in [5, 5.41) is 18.0. The minimum Gasteiger partial charge on any atom is -0.436 e. The van der Waals surface area contributed by atoms with Gasteiger partial charge in [-0.05, 0) is 31.5 Å². The summed E-state index contributed by atoms with van der Waals surface area (Å²) in [7, 11) is 0. The van der Waals surface area contributed by atoms with Crippen LogP contribution < -0.4 is 5.32 Å². The number of nitrogens with one attached hydrogen (secondary N) is 1. The summed E-state index contributed by atoms with van der Waals surface area (Å²) in [5.74, 6) is 0.698. The number of rotatable bonds is 4. The van der Waals surface area contributed by atoms with Gasteiger partial charge in [-0.3, -0.25) is 14.9 Å². The van der Waals surface area contributed by atoms with E-state index < -0.39 is 10.8 Å². The molecule has 4 rings (SSSR count). The molecule has 4 aromatic rings. The molecular formula is C18H15N7O4. The lowest BCUT2D eigenvalue weighted by Gasteiger charge is -2.07. The van der Waals surface area contributed by atoms with Gasteiger partial charge in [0.25, 0.3) is 11.7 Å². The monoisotopic (exact) mass is 393 g/mol. The Morgan fingerprint density at radius 1 is 1.24 bits per heavy atom. The summed E-state index contributed by atoms with van der Waals surface area (Å²) >= 11 is 0. The summed E-state index contributed by atoms with van der Waals surface area (Å²) in [6, 6.07) is 5.27. The Balaban J connectivity index is 1.68. The van der Waals surface area contributed by atoms with E-state index in [1.54, 1.807) is 26.0 Å². The highest BCUT2D eigenvalue weighted by Gasteiger charge is 2.18. The first-order chi connectivity index (χ1) is 13.8. The van der Waals surface area contributed by atoms with Crippen LogP contribution in [-0.4, -0.2) is 35.4 Å². The molecule has 0 radical (unpaired) electrons. The van der Waals surface area contributed by atoms with Crippen LogP contribution >= 0.6 is 0 Å². The molecule has 11 nitrogen and oxygen atoms in total. The van der Waals surface area contributed by atoms with Crippen molar-refractivity contribution in [3.05, 3.63) is 63.6 Å². The molecule has 1 amide bonds.